The van der Waals surface area contributed by atoms with Crippen LogP contribution in [0.4, 0.5) is 0 Å². The molecule has 0 saturated heterocycles. The number of amides is 1. The van der Waals surface area contributed by atoms with Crippen LogP contribution in [0.2, 0.25) is 0 Å². The first kappa shape index (κ1) is 16.7. The van der Waals surface area contributed by atoms with Crippen molar-refractivity contribution in [3.05, 3.63) is 71.9 Å². The van der Waals surface area contributed by atoms with E-state index in [0.29, 0.717) is 24.6 Å². The first-order valence-corrected chi connectivity index (χ1v) is 9.37. The van der Waals surface area contributed by atoms with Gasteiger partial charge in [-0.05, 0) is 26.0 Å². The molecule has 7 heteroatoms. The molecule has 4 aromatic rings. The molecule has 0 spiro atoms. The van der Waals surface area contributed by atoms with Crippen LogP contribution in [-0.4, -0.2) is 41.5 Å². The third kappa shape index (κ3) is 2.58. The molecule has 1 aliphatic rings. The molecule has 0 saturated carbocycles. The summed E-state index contributed by atoms with van der Waals surface area (Å²) < 4.78 is 3.85. The Balaban J connectivity index is 1.47. The van der Waals surface area contributed by atoms with E-state index in [-0.39, 0.29) is 11.9 Å². The van der Waals surface area contributed by atoms with Crippen molar-refractivity contribution in [1.82, 2.24) is 29.0 Å². The zero-order valence-electron chi connectivity index (χ0n) is 15.8. The Hall–Kier alpha value is -3.48. The molecule has 28 heavy (non-hydrogen) atoms. The van der Waals surface area contributed by atoms with E-state index in [1.165, 1.54) is 0 Å². The van der Waals surface area contributed by atoms with Gasteiger partial charge in [-0.2, -0.15) is 5.10 Å². The average molecular weight is 372 g/mol. The fraction of sp³-hybridized carbons (Fsp3) is 0.238. The number of nitrogens with zero attached hydrogens (tertiary/aromatic N) is 6. The van der Waals surface area contributed by atoms with Gasteiger partial charge in [0.1, 0.15) is 17.2 Å². The lowest BCUT2D eigenvalue weighted by Crippen LogP contribution is -2.41. The summed E-state index contributed by atoms with van der Waals surface area (Å²) in [4.78, 5) is 24.2. The maximum Gasteiger partial charge on any atom is 0.274 e. The molecule has 4 heterocycles. The minimum atomic E-state index is -0.169. The van der Waals surface area contributed by atoms with Crippen molar-refractivity contribution in [2.45, 2.75) is 26.4 Å². The standard InChI is InChI=1S/C21H20N6O/c1-14-7-6-10-18-22-17(13-26(14)18)21(28)25-11-12-27-20(15(25)2)23-19(24-27)16-8-4-3-5-9-16/h3-10,13,15H,11-12H2,1-2H3/t15-/m0/s1. The van der Waals surface area contributed by atoms with Crippen LogP contribution in [0.15, 0.2) is 54.7 Å². The van der Waals surface area contributed by atoms with E-state index in [9.17, 15) is 4.79 Å². The fourth-order valence-electron chi connectivity index (χ4n) is 3.75. The van der Waals surface area contributed by atoms with Crippen molar-refractivity contribution < 1.29 is 4.79 Å². The van der Waals surface area contributed by atoms with E-state index in [0.717, 1.165) is 22.7 Å². The largest absolute Gasteiger partial charge is 0.325 e. The van der Waals surface area contributed by atoms with Crippen LogP contribution in [0.1, 0.15) is 35.0 Å². The number of hydrogen-bond acceptors (Lipinski definition) is 4. The number of benzene rings is 1. The van der Waals surface area contributed by atoms with E-state index >= 15 is 0 Å². The van der Waals surface area contributed by atoms with Gasteiger partial charge in [0.15, 0.2) is 5.82 Å². The number of pyridine rings is 1. The number of hydrogen-bond donors (Lipinski definition) is 0. The second-order valence-electron chi connectivity index (χ2n) is 7.08. The lowest BCUT2D eigenvalue weighted by Gasteiger charge is -2.32. The Morgan fingerprint density at radius 3 is 2.64 bits per heavy atom. The Labute approximate surface area is 162 Å². The third-order valence-electron chi connectivity index (χ3n) is 5.30. The van der Waals surface area contributed by atoms with Crippen LogP contribution < -0.4 is 0 Å². The minimum absolute atomic E-state index is 0.0777. The van der Waals surface area contributed by atoms with Crippen molar-refractivity contribution in [3.63, 3.8) is 0 Å². The van der Waals surface area contributed by atoms with Gasteiger partial charge in [-0.15, -0.1) is 0 Å². The molecule has 0 aliphatic carbocycles. The molecule has 0 unspecified atom stereocenters. The minimum Gasteiger partial charge on any atom is -0.325 e. The molecule has 3 aromatic heterocycles. The Morgan fingerprint density at radius 1 is 1.04 bits per heavy atom. The molecular weight excluding hydrogens is 352 g/mol. The SMILES string of the molecule is Cc1cccc2nc(C(=O)N3CCn4nc(-c5ccccc5)nc4[C@@H]3C)cn12. The third-order valence-corrected chi connectivity index (χ3v) is 5.30. The predicted molar refractivity (Wildman–Crippen MR) is 105 cm³/mol. The molecule has 1 aromatic carbocycles. The molecule has 0 bridgehead atoms. The van der Waals surface area contributed by atoms with Crippen molar-refractivity contribution in [2.24, 2.45) is 0 Å². The van der Waals surface area contributed by atoms with E-state index < -0.39 is 0 Å². The summed E-state index contributed by atoms with van der Waals surface area (Å²) in [5.74, 6) is 1.42. The molecule has 7 nitrogen and oxygen atoms in total. The van der Waals surface area contributed by atoms with Gasteiger partial charge < -0.3 is 9.30 Å². The van der Waals surface area contributed by atoms with Gasteiger partial charge in [-0.3, -0.25) is 4.79 Å². The second-order valence-corrected chi connectivity index (χ2v) is 7.08. The summed E-state index contributed by atoms with van der Waals surface area (Å²) in [6, 6.07) is 15.6. The molecule has 5 rings (SSSR count). The Morgan fingerprint density at radius 2 is 1.86 bits per heavy atom. The van der Waals surface area contributed by atoms with Crippen molar-refractivity contribution in [2.75, 3.05) is 6.54 Å². The summed E-state index contributed by atoms with van der Waals surface area (Å²) in [6.07, 6.45) is 1.81. The smallest absolute Gasteiger partial charge is 0.274 e. The van der Waals surface area contributed by atoms with E-state index in [4.69, 9.17) is 4.98 Å². The highest BCUT2D eigenvalue weighted by molar-refractivity contribution is 5.93. The lowest BCUT2D eigenvalue weighted by atomic mass is 10.2. The van der Waals surface area contributed by atoms with Crippen LogP contribution in [0.5, 0.6) is 0 Å². The summed E-state index contributed by atoms with van der Waals surface area (Å²) in [5.41, 5.74) is 3.26. The summed E-state index contributed by atoms with van der Waals surface area (Å²) in [6.45, 7) is 5.20. The molecule has 0 radical (unpaired) electrons. The molecular formula is C21H20N6O. The highest BCUT2D eigenvalue weighted by atomic mass is 16.2. The van der Waals surface area contributed by atoms with Crippen LogP contribution in [0, 0.1) is 6.92 Å². The second kappa shape index (κ2) is 6.30. The number of fused-ring (bicyclic) bond motifs is 2. The normalized spacial score (nSPS) is 16.4. The molecule has 0 N–H and O–H groups in total. The number of carbonyl (C=O) groups is 1. The predicted octanol–water partition coefficient (Wildman–Crippen LogP) is 3.12. The van der Waals surface area contributed by atoms with Gasteiger partial charge in [-0.25, -0.2) is 14.6 Å². The summed E-state index contributed by atoms with van der Waals surface area (Å²) in [7, 11) is 0. The van der Waals surface area contributed by atoms with Crippen molar-refractivity contribution in [1.29, 1.82) is 0 Å². The van der Waals surface area contributed by atoms with Gasteiger partial charge in [0.25, 0.3) is 5.91 Å². The van der Waals surface area contributed by atoms with Gasteiger partial charge in [0.2, 0.25) is 0 Å². The number of aromatic nitrogens is 5. The van der Waals surface area contributed by atoms with E-state index in [1.807, 2.05) is 82.6 Å². The highest BCUT2D eigenvalue weighted by Crippen LogP contribution is 2.27. The van der Waals surface area contributed by atoms with Crippen molar-refractivity contribution >= 4 is 11.6 Å². The molecule has 140 valence electrons. The van der Waals surface area contributed by atoms with E-state index in [2.05, 4.69) is 10.1 Å². The Kier molecular flexibility index (Phi) is 3.75. The monoisotopic (exact) mass is 372 g/mol. The topological polar surface area (TPSA) is 68.3 Å². The Bertz CT molecular complexity index is 1180. The molecule has 1 aliphatic heterocycles. The molecule has 1 amide bonds. The zero-order valence-corrected chi connectivity index (χ0v) is 15.8. The maximum absolute atomic E-state index is 13.2. The van der Waals surface area contributed by atoms with Crippen LogP contribution in [0.3, 0.4) is 0 Å². The lowest BCUT2D eigenvalue weighted by molar-refractivity contribution is 0.0625. The fourth-order valence-corrected chi connectivity index (χ4v) is 3.75. The zero-order chi connectivity index (χ0) is 19.3. The number of rotatable bonds is 2. The quantitative estimate of drug-likeness (QED) is 0.542. The molecule has 0 fully saturated rings. The van der Waals surface area contributed by atoms with Gasteiger partial charge in [0, 0.05) is 24.0 Å². The van der Waals surface area contributed by atoms with Gasteiger partial charge in [0.05, 0.1) is 12.6 Å². The van der Waals surface area contributed by atoms with Crippen molar-refractivity contribution in [3.8, 4) is 11.4 Å². The van der Waals surface area contributed by atoms with E-state index in [1.54, 1.807) is 0 Å². The summed E-state index contributed by atoms with van der Waals surface area (Å²) >= 11 is 0. The van der Waals surface area contributed by atoms with Crippen LogP contribution in [0.25, 0.3) is 17.0 Å². The number of aryl methyl sites for hydroxylation is 1. The number of carbonyl (C=O) groups excluding carboxylic acids is 1. The summed E-state index contributed by atoms with van der Waals surface area (Å²) in [5, 5.41) is 4.63. The van der Waals surface area contributed by atoms with Gasteiger partial charge >= 0.3 is 0 Å². The highest BCUT2D eigenvalue weighted by Gasteiger charge is 2.32. The number of imidazole rings is 1. The maximum atomic E-state index is 13.2. The van der Waals surface area contributed by atoms with Gasteiger partial charge in [-0.1, -0.05) is 36.4 Å². The first-order chi connectivity index (χ1) is 13.6. The first-order valence-electron chi connectivity index (χ1n) is 9.37. The van der Waals surface area contributed by atoms with Crippen LogP contribution >= 0.6 is 0 Å². The average Bonchev–Trinajstić information content (AvgIpc) is 3.34. The molecule has 1 atom stereocenters. The van der Waals surface area contributed by atoms with Crippen LogP contribution in [-0.2, 0) is 6.54 Å².